The highest BCUT2D eigenvalue weighted by Crippen LogP contribution is 2.36. The fraction of sp³-hybridized carbons (Fsp3) is 0.467. The van der Waals surface area contributed by atoms with Crippen molar-refractivity contribution in [2.24, 2.45) is 7.05 Å². The average molecular weight is 395 g/mol. The molecule has 4 rings (SSSR count). The van der Waals surface area contributed by atoms with Crippen molar-refractivity contribution in [1.29, 1.82) is 0 Å². The molecular weight excluding hydrogens is 376 g/mol. The molecule has 0 radical (unpaired) electrons. The van der Waals surface area contributed by atoms with E-state index < -0.39 is 0 Å². The third kappa shape index (κ3) is 2.63. The molecule has 122 valence electrons. The number of rotatable bonds is 2. The fourth-order valence-electron chi connectivity index (χ4n) is 3.12. The van der Waals surface area contributed by atoms with Crippen LogP contribution in [0.4, 0.5) is 5.82 Å². The first-order valence-corrected chi connectivity index (χ1v) is 9.24. The number of aryl methyl sites for hydroxylation is 1. The highest BCUT2D eigenvalue weighted by Gasteiger charge is 2.20. The third-order valence-electron chi connectivity index (χ3n) is 4.53. The van der Waals surface area contributed by atoms with Gasteiger partial charge < -0.3 is 15.2 Å². The van der Waals surface area contributed by atoms with Gasteiger partial charge in [-0.1, -0.05) is 0 Å². The van der Waals surface area contributed by atoms with Crippen molar-refractivity contribution in [3.05, 3.63) is 15.7 Å². The predicted molar refractivity (Wildman–Crippen MR) is 98.8 cm³/mol. The quantitative estimate of drug-likeness (QED) is 0.722. The maximum Gasteiger partial charge on any atom is 0.152 e. The molecule has 23 heavy (non-hydrogen) atoms. The lowest BCUT2D eigenvalue weighted by Gasteiger charge is -2.31. The van der Waals surface area contributed by atoms with Gasteiger partial charge in [-0.2, -0.15) is 0 Å². The Morgan fingerprint density at radius 1 is 1.22 bits per heavy atom. The van der Waals surface area contributed by atoms with Crippen LogP contribution in [0.2, 0.25) is 0 Å². The number of anilines is 1. The number of fused-ring (bicyclic) bond motifs is 3. The third-order valence-corrected chi connectivity index (χ3v) is 6.16. The van der Waals surface area contributed by atoms with Gasteiger partial charge in [0.2, 0.25) is 0 Å². The minimum Gasteiger partial charge on any atom is -0.382 e. The number of hydrogen-bond donors (Lipinski definition) is 1. The molecule has 0 aliphatic carbocycles. The molecule has 0 bridgehead atoms. The largest absolute Gasteiger partial charge is 0.382 e. The van der Waals surface area contributed by atoms with E-state index in [4.69, 9.17) is 10.7 Å². The molecule has 8 heteroatoms. The number of hydrogen-bond acceptors (Lipinski definition) is 6. The maximum absolute atomic E-state index is 6.15. The van der Waals surface area contributed by atoms with Gasteiger partial charge >= 0.3 is 0 Å². The molecule has 1 aliphatic rings. The van der Waals surface area contributed by atoms with Gasteiger partial charge in [-0.05, 0) is 29.0 Å². The van der Waals surface area contributed by atoms with Crippen LogP contribution >= 0.6 is 27.3 Å². The first-order valence-electron chi connectivity index (χ1n) is 7.63. The van der Waals surface area contributed by atoms with Crippen LogP contribution in [0.5, 0.6) is 0 Å². The van der Waals surface area contributed by atoms with Gasteiger partial charge in [-0.25, -0.2) is 9.97 Å². The van der Waals surface area contributed by atoms with Crippen LogP contribution < -0.4 is 5.73 Å². The van der Waals surface area contributed by atoms with E-state index >= 15 is 0 Å². The van der Waals surface area contributed by atoms with Crippen LogP contribution in [-0.4, -0.2) is 57.6 Å². The molecule has 0 unspecified atom stereocenters. The van der Waals surface area contributed by atoms with Crippen molar-refractivity contribution in [3.63, 3.8) is 0 Å². The highest BCUT2D eigenvalue weighted by molar-refractivity contribution is 9.11. The monoisotopic (exact) mass is 394 g/mol. The Labute approximate surface area is 147 Å². The summed E-state index contributed by atoms with van der Waals surface area (Å²) in [4.78, 5) is 14.1. The van der Waals surface area contributed by atoms with Crippen molar-refractivity contribution < 1.29 is 0 Å². The Hall–Kier alpha value is -1.22. The Balaban J connectivity index is 1.78. The number of halogens is 1. The molecule has 1 aliphatic heterocycles. The first-order chi connectivity index (χ1) is 11.0. The Morgan fingerprint density at radius 3 is 2.70 bits per heavy atom. The minimum atomic E-state index is 0.512. The van der Waals surface area contributed by atoms with Crippen LogP contribution in [0, 0.1) is 0 Å². The molecule has 0 amide bonds. The second-order valence-corrected chi connectivity index (χ2v) is 8.56. The van der Waals surface area contributed by atoms with Gasteiger partial charge in [0, 0.05) is 33.2 Å². The lowest BCUT2D eigenvalue weighted by atomic mass is 10.3. The number of thiophene rings is 1. The lowest BCUT2D eigenvalue weighted by molar-refractivity contribution is 0.144. The smallest absolute Gasteiger partial charge is 0.152 e. The summed E-state index contributed by atoms with van der Waals surface area (Å²) in [6.07, 6.45) is 0. The number of aromatic nitrogens is 3. The van der Waals surface area contributed by atoms with E-state index in [1.165, 1.54) is 0 Å². The lowest BCUT2D eigenvalue weighted by Crippen LogP contribution is -2.44. The molecule has 0 aromatic carbocycles. The van der Waals surface area contributed by atoms with Crippen LogP contribution in [-0.2, 0) is 13.6 Å². The molecule has 0 spiro atoms. The van der Waals surface area contributed by atoms with Gasteiger partial charge in [0.1, 0.15) is 11.3 Å². The van der Waals surface area contributed by atoms with Crippen LogP contribution in [0.1, 0.15) is 5.82 Å². The molecular formula is C15H19BrN6S. The summed E-state index contributed by atoms with van der Waals surface area (Å²) in [5.74, 6) is 1.56. The summed E-state index contributed by atoms with van der Waals surface area (Å²) < 4.78 is 4.38. The summed E-state index contributed by atoms with van der Waals surface area (Å²) in [6.45, 7) is 5.22. The topological polar surface area (TPSA) is 63.2 Å². The van der Waals surface area contributed by atoms with Crippen molar-refractivity contribution >= 4 is 54.3 Å². The number of likely N-dealkylation sites (N-methyl/N-ethyl adjacent to an activating group) is 1. The minimum absolute atomic E-state index is 0.512. The van der Waals surface area contributed by atoms with E-state index in [9.17, 15) is 0 Å². The van der Waals surface area contributed by atoms with E-state index in [0.29, 0.717) is 5.82 Å². The van der Waals surface area contributed by atoms with Gasteiger partial charge in [0.05, 0.1) is 26.1 Å². The molecule has 0 atom stereocenters. The van der Waals surface area contributed by atoms with E-state index in [-0.39, 0.29) is 0 Å². The standard InChI is InChI=1S/C15H19BrN6S/c1-20-3-5-22(6-4-20)8-11-19-12-13(21(11)2)14-9(18-15(12)17)7-10(16)23-14/h7H,3-6,8H2,1-2H3,(H2,17,18). The number of pyridine rings is 1. The zero-order valence-corrected chi connectivity index (χ0v) is 15.6. The molecule has 1 fully saturated rings. The van der Waals surface area contributed by atoms with Crippen LogP contribution in [0.25, 0.3) is 21.3 Å². The second-order valence-electron chi connectivity index (χ2n) is 6.13. The highest BCUT2D eigenvalue weighted by atomic mass is 79.9. The summed E-state index contributed by atoms with van der Waals surface area (Å²) >= 11 is 5.23. The van der Waals surface area contributed by atoms with E-state index in [2.05, 4.69) is 49.4 Å². The Morgan fingerprint density at radius 2 is 1.96 bits per heavy atom. The fourth-order valence-corrected chi connectivity index (χ4v) is 4.73. The van der Waals surface area contributed by atoms with Crippen molar-refractivity contribution in [3.8, 4) is 0 Å². The normalized spacial score (nSPS) is 17.5. The zero-order chi connectivity index (χ0) is 16.1. The summed E-state index contributed by atoms with van der Waals surface area (Å²) in [6, 6.07) is 2.02. The van der Waals surface area contributed by atoms with Crippen LogP contribution in [0.3, 0.4) is 0 Å². The molecule has 4 heterocycles. The molecule has 0 saturated carbocycles. The van der Waals surface area contributed by atoms with Gasteiger partial charge in [0.25, 0.3) is 0 Å². The number of nitrogens with zero attached hydrogens (tertiary/aromatic N) is 5. The summed E-state index contributed by atoms with van der Waals surface area (Å²) in [5, 5.41) is 0. The van der Waals surface area contributed by atoms with Crippen molar-refractivity contribution in [2.45, 2.75) is 6.54 Å². The van der Waals surface area contributed by atoms with E-state index in [0.717, 1.165) is 63.6 Å². The van der Waals surface area contributed by atoms with Gasteiger partial charge in [-0.3, -0.25) is 4.90 Å². The predicted octanol–water partition coefficient (Wildman–Crippen LogP) is 2.28. The Bertz CT molecular complexity index is 877. The average Bonchev–Trinajstić information content (AvgIpc) is 3.02. The SMILES string of the molecule is CN1CCN(Cc2nc3c(N)nc4cc(Br)sc4c3n2C)CC1. The number of piperazine rings is 1. The van der Waals surface area contributed by atoms with Gasteiger partial charge in [0.15, 0.2) is 5.82 Å². The Kier molecular flexibility index (Phi) is 3.79. The molecule has 3 aromatic heterocycles. The van der Waals surface area contributed by atoms with Crippen LogP contribution in [0.15, 0.2) is 9.85 Å². The molecule has 3 aromatic rings. The first kappa shape index (κ1) is 15.3. The zero-order valence-electron chi connectivity index (χ0n) is 13.2. The summed E-state index contributed by atoms with van der Waals surface area (Å²) in [7, 11) is 4.25. The summed E-state index contributed by atoms with van der Waals surface area (Å²) in [5.41, 5.74) is 8.99. The molecule has 6 nitrogen and oxygen atoms in total. The van der Waals surface area contributed by atoms with Crippen molar-refractivity contribution in [1.82, 2.24) is 24.3 Å². The maximum atomic E-state index is 6.15. The number of nitrogens with two attached hydrogens (primary N) is 1. The van der Waals surface area contributed by atoms with Gasteiger partial charge in [-0.15, -0.1) is 11.3 Å². The van der Waals surface area contributed by atoms with E-state index in [1.54, 1.807) is 11.3 Å². The molecule has 1 saturated heterocycles. The number of nitrogen functional groups attached to an aromatic ring is 1. The molecule has 2 N–H and O–H groups in total. The number of imidazole rings is 1. The second kappa shape index (κ2) is 5.70. The van der Waals surface area contributed by atoms with E-state index in [1.807, 2.05) is 6.07 Å². The van der Waals surface area contributed by atoms with Crippen molar-refractivity contribution in [2.75, 3.05) is 39.0 Å².